The third-order valence-corrected chi connectivity index (χ3v) is 7.68. The number of terminal acetylenes is 1. The van der Waals surface area contributed by atoms with Gasteiger partial charge >= 0.3 is 0 Å². The minimum atomic E-state index is -0.924. The third-order valence-electron chi connectivity index (χ3n) is 7.68. The molecule has 4 aliphatic rings. The molecule has 2 N–H and O–H groups in total. The predicted octanol–water partition coefficient (Wildman–Crippen LogP) is 3.32. The van der Waals surface area contributed by atoms with E-state index in [2.05, 4.69) is 12.8 Å². The standard InChI is InChI=1S/C20H22O2/c1-3-20(22)7-5-16-18-13(4-6-19(16,20)2)17-11-8-12(21)10-15(17)14(18)9-11/h1,8,10,13-14,16,18,21-22H,4-7,9H2,2H3/t13-,14?,16+,18+,19+,20-/m1/s1. The molecule has 5 rings (SSSR count). The first-order valence-corrected chi connectivity index (χ1v) is 8.54. The molecule has 0 amide bonds. The van der Waals surface area contributed by atoms with E-state index in [-0.39, 0.29) is 5.41 Å². The zero-order valence-corrected chi connectivity index (χ0v) is 13.0. The molecule has 4 aliphatic carbocycles. The SMILES string of the molecule is C#C[C@@]1(O)CC[C@H]2[C@@H]3C4Cc5cc(O)cc4c5[C@H]3CC[C@@]21C. The van der Waals surface area contributed by atoms with Crippen LogP contribution in [-0.2, 0) is 6.42 Å². The summed E-state index contributed by atoms with van der Waals surface area (Å²) >= 11 is 0. The molecule has 6 atom stereocenters. The van der Waals surface area contributed by atoms with Crippen LogP contribution in [0.3, 0.4) is 0 Å². The second-order valence-corrected chi connectivity index (χ2v) is 8.21. The summed E-state index contributed by atoms with van der Waals surface area (Å²) in [6, 6.07) is 3.96. The highest BCUT2D eigenvalue weighted by Crippen LogP contribution is 2.70. The number of aromatic hydroxyl groups is 1. The minimum Gasteiger partial charge on any atom is -0.508 e. The molecule has 0 heterocycles. The molecular weight excluding hydrogens is 272 g/mol. The smallest absolute Gasteiger partial charge is 0.130 e. The number of phenolic OH excluding ortho intramolecular Hbond substituents is 1. The Labute approximate surface area is 131 Å². The van der Waals surface area contributed by atoms with Gasteiger partial charge in [-0.2, -0.15) is 0 Å². The van der Waals surface area contributed by atoms with Crippen molar-refractivity contribution in [1.29, 1.82) is 0 Å². The molecule has 2 fully saturated rings. The van der Waals surface area contributed by atoms with E-state index in [1.165, 1.54) is 16.7 Å². The number of hydrogen-bond donors (Lipinski definition) is 2. The normalized spacial score (nSPS) is 47.1. The molecule has 114 valence electrons. The highest BCUT2D eigenvalue weighted by atomic mass is 16.3. The second kappa shape index (κ2) is 3.71. The molecule has 2 heteroatoms. The molecule has 22 heavy (non-hydrogen) atoms. The summed E-state index contributed by atoms with van der Waals surface area (Å²) in [6.45, 7) is 2.22. The topological polar surface area (TPSA) is 40.5 Å². The van der Waals surface area contributed by atoms with Crippen LogP contribution in [-0.4, -0.2) is 15.8 Å². The van der Waals surface area contributed by atoms with E-state index in [0.717, 1.165) is 32.1 Å². The van der Waals surface area contributed by atoms with Crippen LogP contribution in [0.1, 0.15) is 61.1 Å². The second-order valence-electron chi connectivity index (χ2n) is 8.21. The summed E-state index contributed by atoms with van der Waals surface area (Å²) in [5.41, 5.74) is 3.24. The summed E-state index contributed by atoms with van der Waals surface area (Å²) in [7, 11) is 0. The van der Waals surface area contributed by atoms with E-state index in [9.17, 15) is 10.2 Å². The molecule has 4 bridgehead atoms. The van der Waals surface area contributed by atoms with Gasteiger partial charge in [-0.3, -0.25) is 0 Å². The molecule has 2 nitrogen and oxygen atoms in total. The predicted molar refractivity (Wildman–Crippen MR) is 84.6 cm³/mol. The average molecular weight is 294 g/mol. The van der Waals surface area contributed by atoms with Gasteiger partial charge in [0.15, 0.2) is 0 Å². The van der Waals surface area contributed by atoms with Gasteiger partial charge in [0.1, 0.15) is 11.4 Å². The van der Waals surface area contributed by atoms with Crippen molar-refractivity contribution in [2.45, 2.75) is 56.5 Å². The van der Waals surface area contributed by atoms with Crippen molar-refractivity contribution in [3.8, 4) is 18.1 Å². The number of fused-ring (bicyclic) bond motifs is 4. The lowest BCUT2D eigenvalue weighted by Crippen LogP contribution is -2.49. The largest absolute Gasteiger partial charge is 0.508 e. The molecular formula is C20H22O2. The number of rotatable bonds is 0. The summed E-state index contributed by atoms with van der Waals surface area (Å²) in [6.07, 6.45) is 10.7. The van der Waals surface area contributed by atoms with E-state index in [0.29, 0.717) is 29.4 Å². The summed E-state index contributed by atoms with van der Waals surface area (Å²) in [5, 5.41) is 20.9. The Kier molecular flexibility index (Phi) is 2.20. The molecule has 2 saturated carbocycles. The van der Waals surface area contributed by atoms with Crippen molar-refractivity contribution < 1.29 is 10.2 Å². The highest BCUT2D eigenvalue weighted by molar-refractivity contribution is 5.56. The maximum Gasteiger partial charge on any atom is 0.130 e. The van der Waals surface area contributed by atoms with Crippen LogP contribution in [0.15, 0.2) is 12.1 Å². The van der Waals surface area contributed by atoms with Gasteiger partial charge in [0.25, 0.3) is 0 Å². The lowest BCUT2D eigenvalue weighted by atomic mass is 9.54. The number of phenols is 1. The summed E-state index contributed by atoms with van der Waals surface area (Å²) < 4.78 is 0. The van der Waals surface area contributed by atoms with Crippen LogP contribution in [0.2, 0.25) is 0 Å². The average Bonchev–Trinajstić information content (AvgIpc) is 3.02. The summed E-state index contributed by atoms with van der Waals surface area (Å²) in [5.74, 6) is 5.46. The fourth-order valence-electron chi connectivity index (χ4n) is 6.69. The molecule has 1 unspecified atom stereocenters. The molecule has 0 spiro atoms. The van der Waals surface area contributed by atoms with Crippen molar-refractivity contribution in [3.05, 3.63) is 28.8 Å². The van der Waals surface area contributed by atoms with Crippen LogP contribution in [0, 0.1) is 29.6 Å². The molecule has 0 radical (unpaired) electrons. The van der Waals surface area contributed by atoms with Crippen LogP contribution < -0.4 is 0 Å². The molecule has 0 aromatic heterocycles. The van der Waals surface area contributed by atoms with Gasteiger partial charge in [-0.15, -0.1) is 6.42 Å². The maximum absolute atomic E-state index is 11.0. The van der Waals surface area contributed by atoms with Gasteiger partial charge in [-0.25, -0.2) is 0 Å². The van der Waals surface area contributed by atoms with E-state index in [1.807, 2.05) is 12.1 Å². The number of aliphatic hydroxyl groups is 1. The zero-order valence-electron chi connectivity index (χ0n) is 13.0. The van der Waals surface area contributed by atoms with Crippen LogP contribution in [0.25, 0.3) is 0 Å². The van der Waals surface area contributed by atoms with Gasteiger partial charge in [-0.05, 0) is 84.6 Å². The Morgan fingerprint density at radius 3 is 2.82 bits per heavy atom. The van der Waals surface area contributed by atoms with Crippen molar-refractivity contribution in [2.75, 3.05) is 0 Å². The van der Waals surface area contributed by atoms with Gasteiger partial charge in [-0.1, -0.05) is 12.8 Å². The van der Waals surface area contributed by atoms with Gasteiger partial charge in [0.05, 0.1) is 0 Å². The fraction of sp³-hybridized carbons (Fsp3) is 0.600. The minimum absolute atomic E-state index is 0.136. The lowest BCUT2D eigenvalue weighted by molar-refractivity contribution is -0.0645. The highest BCUT2D eigenvalue weighted by Gasteiger charge is 2.64. The molecule has 0 aliphatic heterocycles. The van der Waals surface area contributed by atoms with Crippen molar-refractivity contribution >= 4 is 0 Å². The number of hydrogen-bond acceptors (Lipinski definition) is 2. The van der Waals surface area contributed by atoms with Crippen molar-refractivity contribution in [2.24, 2.45) is 17.3 Å². The first-order valence-electron chi connectivity index (χ1n) is 8.54. The van der Waals surface area contributed by atoms with E-state index in [4.69, 9.17) is 6.42 Å². The quantitative estimate of drug-likeness (QED) is 0.721. The Bertz CT molecular complexity index is 730. The van der Waals surface area contributed by atoms with Gasteiger partial charge < -0.3 is 10.2 Å². The Hall–Kier alpha value is -1.46. The van der Waals surface area contributed by atoms with Gasteiger partial charge in [0, 0.05) is 5.41 Å². The Balaban J connectivity index is 1.62. The van der Waals surface area contributed by atoms with Gasteiger partial charge in [0.2, 0.25) is 0 Å². The summed E-state index contributed by atoms with van der Waals surface area (Å²) in [4.78, 5) is 0. The van der Waals surface area contributed by atoms with E-state index >= 15 is 0 Å². The van der Waals surface area contributed by atoms with Crippen molar-refractivity contribution in [1.82, 2.24) is 0 Å². The Morgan fingerprint density at radius 2 is 2.05 bits per heavy atom. The van der Waals surface area contributed by atoms with E-state index in [1.54, 1.807) is 0 Å². The maximum atomic E-state index is 11.0. The van der Waals surface area contributed by atoms with Crippen LogP contribution in [0.5, 0.6) is 5.75 Å². The molecule has 1 aromatic rings. The van der Waals surface area contributed by atoms with E-state index < -0.39 is 5.60 Å². The zero-order chi connectivity index (χ0) is 15.3. The third kappa shape index (κ3) is 1.21. The monoisotopic (exact) mass is 294 g/mol. The first kappa shape index (κ1) is 13.0. The lowest BCUT2D eigenvalue weighted by Gasteiger charge is -2.50. The first-order chi connectivity index (χ1) is 10.5. The Morgan fingerprint density at radius 1 is 1.23 bits per heavy atom. The molecule has 0 saturated heterocycles. The fourth-order valence-corrected chi connectivity index (χ4v) is 6.69. The van der Waals surface area contributed by atoms with Crippen molar-refractivity contribution in [3.63, 3.8) is 0 Å². The van der Waals surface area contributed by atoms with Crippen LogP contribution >= 0.6 is 0 Å². The number of benzene rings is 1. The van der Waals surface area contributed by atoms with Crippen LogP contribution in [0.4, 0.5) is 0 Å². The molecule has 1 aromatic carbocycles.